The maximum absolute atomic E-state index is 13.2. The average molecular weight is 659 g/mol. The summed E-state index contributed by atoms with van der Waals surface area (Å²) in [7, 11) is 0. The summed E-state index contributed by atoms with van der Waals surface area (Å²) in [6, 6.07) is 15.9. The third-order valence-corrected chi connectivity index (χ3v) is 11.7. The number of rotatable bonds is 11. The van der Waals surface area contributed by atoms with E-state index in [1.165, 1.54) is 38.5 Å². The lowest BCUT2D eigenvalue weighted by Gasteiger charge is -2.49. The topological polar surface area (TPSA) is 101 Å². The lowest BCUT2D eigenvalue weighted by Crippen LogP contribution is -2.59. The van der Waals surface area contributed by atoms with Crippen LogP contribution in [0.4, 0.5) is 0 Å². The smallest absolute Gasteiger partial charge is 0.336 e. The minimum atomic E-state index is -1.40. The van der Waals surface area contributed by atoms with Crippen LogP contribution in [0, 0.1) is 23.7 Å². The van der Waals surface area contributed by atoms with E-state index in [0.717, 1.165) is 48.3 Å². The zero-order valence-electron chi connectivity index (χ0n) is 28.6. The molecule has 6 aliphatic rings. The van der Waals surface area contributed by atoms with E-state index in [0.29, 0.717) is 12.8 Å². The first-order chi connectivity index (χ1) is 23.0. The van der Waals surface area contributed by atoms with Crippen LogP contribution in [0.1, 0.15) is 115 Å². The van der Waals surface area contributed by atoms with Crippen LogP contribution in [0.5, 0.6) is 11.5 Å². The molecule has 4 aliphatic carbocycles. The highest BCUT2D eigenvalue weighted by atomic mass is 16.7. The van der Waals surface area contributed by atoms with Crippen LogP contribution in [0.3, 0.4) is 0 Å². The van der Waals surface area contributed by atoms with Crippen molar-refractivity contribution in [2.24, 2.45) is 23.7 Å². The summed E-state index contributed by atoms with van der Waals surface area (Å²) in [5.41, 5.74) is 1.59. The Morgan fingerprint density at radius 1 is 0.854 bits per heavy atom. The van der Waals surface area contributed by atoms with Gasteiger partial charge in [-0.1, -0.05) is 43.7 Å². The highest BCUT2D eigenvalue weighted by Crippen LogP contribution is 2.64. The summed E-state index contributed by atoms with van der Waals surface area (Å²) in [5.74, 6) is -2.36. The molecule has 2 saturated heterocycles. The number of aliphatic hydroxyl groups is 1. The van der Waals surface area contributed by atoms with E-state index in [4.69, 9.17) is 23.7 Å². The Morgan fingerprint density at radius 2 is 1.35 bits per heavy atom. The van der Waals surface area contributed by atoms with E-state index < -0.39 is 42.0 Å². The van der Waals surface area contributed by atoms with Crippen molar-refractivity contribution in [3.8, 4) is 11.5 Å². The number of ether oxygens (including phenoxy) is 5. The zero-order valence-corrected chi connectivity index (χ0v) is 28.6. The minimum Gasteiger partial charge on any atom is -0.488 e. The third-order valence-electron chi connectivity index (χ3n) is 11.7. The Kier molecular flexibility index (Phi) is 8.86. The molecular weight excluding hydrogens is 608 g/mol. The van der Waals surface area contributed by atoms with Crippen molar-refractivity contribution in [3.63, 3.8) is 0 Å². The summed E-state index contributed by atoms with van der Waals surface area (Å²) < 4.78 is 31.1. The number of carbonyl (C=O) groups is 2. The fraction of sp³-hybridized carbons (Fsp3) is 0.600. The molecule has 2 aromatic carbocycles. The second-order valence-electron chi connectivity index (χ2n) is 15.6. The van der Waals surface area contributed by atoms with Gasteiger partial charge in [-0.3, -0.25) is 4.79 Å². The van der Waals surface area contributed by atoms with Crippen LogP contribution in [0.25, 0.3) is 0 Å². The van der Waals surface area contributed by atoms with Gasteiger partial charge in [0.15, 0.2) is 6.29 Å². The Hall–Kier alpha value is -3.36. The standard InChI is InChI=1S/C40H50O8/c1-25(2)35(41)47-40-24-28-23-31(40)33(32(28)37(43)48-40)36(42)44-34(26-11-15-29(16-12-26)45-38(3)19-7-5-8-20-38)27-13-17-30(18-14-27)46-39(4)21-9-6-10-22-39/h11-18,28,31-34,36,42H,1,5-10,19-24H2,2-4H3. The summed E-state index contributed by atoms with van der Waals surface area (Å²) in [6.45, 7) is 9.64. The minimum absolute atomic E-state index is 0.0500. The summed E-state index contributed by atoms with van der Waals surface area (Å²) in [6.07, 6.45) is 10.5. The van der Waals surface area contributed by atoms with Gasteiger partial charge in [-0.15, -0.1) is 0 Å². The van der Waals surface area contributed by atoms with Gasteiger partial charge in [-0.2, -0.15) is 0 Å². The zero-order chi connectivity index (χ0) is 33.7. The number of hydrogen-bond donors (Lipinski definition) is 1. The van der Waals surface area contributed by atoms with Gasteiger partial charge >= 0.3 is 11.9 Å². The Morgan fingerprint density at radius 3 is 1.83 bits per heavy atom. The molecule has 6 atom stereocenters. The molecule has 0 spiro atoms. The van der Waals surface area contributed by atoms with Gasteiger partial charge < -0.3 is 28.8 Å². The van der Waals surface area contributed by atoms with E-state index in [9.17, 15) is 14.7 Å². The fourth-order valence-electron chi connectivity index (χ4n) is 9.23. The van der Waals surface area contributed by atoms with Crippen molar-refractivity contribution in [2.45, 2.75) is 127 Å². The maximum atomic E-state index is 13.2. The molecule has 6 unspecified atom stereocenters. The van der Waals surface area contributed by atoms with Crippen molar-refractivity contribution in [1.29, 1.82) is 0 Å². The number of esters is 2. The van der Waals surface area contributed by atoms with Gasteiger partial charge in [-0.25, -0.2) is 4.79 Å². The molecule has 2 aromatic rings. The largest absolute Gasteiger partial charge is 0.488 e. The number of aliphatic hydroxyl groups excluding tert-OH is 1. The second-order valence-corrected chi connectivity index (χ2v) is 15.6. The Labute approximate surface area is 284 Å². The van der Waals surface area contributed by atoms with Crippen LogP contribution in [-0.4, -0.2) is 40.3 Å². The highest BCUT2D eigenvalue weighted by molar-refractivity contribution is 5.87. The highest BCUT2D eigenvalue weighted by Gasteiger charge is 2.73. The van der Waals surface area contributed by atoms with Crippen LogP contribution in [-0.2, 0) is 23.8 Å². The van der Waals surface area contributed by atoms with Crippen LogP contribution >= 0.6 is 0 Å². The van der Waals surface area contributed by atoms with Gasteiger partial charge in [0, 0.05) is 23.8 Å². The van der Waals surface area contributed by atoms with Crippen molar-refractivity contribution < 1.29 is 38.4 Å². The third kappa shape index (κ3) is 6.38. The maximum Gasteiger partial charge on any atom is 0.336 e. The molecule has 0 amide bonds. The molecular formula is C40H50O8. The Balaban J connectivity index is 1.14. The molecule has 48 heavy (non-hydrogen) atoms. The number of benzene rings is 2. The quantitative estimate of drug-likeness (QED) is 0.148. The molecule has 8 heteroatoms. The van der Waals surface area contributed by atoms with Crippen molar-refractivity contribution in [3.05, 3.63) is 71.8 Å². The number of hydrogen-bond acceptors (Lipinski definition) is 8. The SMILES string of the molecule is C=C(C)C(=O)OC12CC3CC1C(C(O)OC(c1ccc(OC4(C)CCCCC4)cc1)c1ccc(OC4(C)CCCCC4)cc1)C3C(=O)O2. The molecule has 4 bridgehead atoms. The van der Waals surface area contributed by atoms with Crippen molar-refractivity contribution in [1.82, 2.24) is 0 Å². The average Bonchev–Trinajstić information content (AvgIpc) is 3.58. The predicted octanol–water partition coefficient (Wildman–Crippen LogP) is 7.96. The fourth-order valence-corrected chi connectivity index (χ4v) is 9.23. The van der Waals surface area contributed by atoms with Gasteiger partial charge in [0.1, 0.15) is 28.8 Å². The molecule has 1 N–H and O–H groups in total. The summed E-state index contributed by atoms with van der Waals surface area (Å²) in [4.78, 5) is 25.8. The predicted molar refractivity (Wildman–Crippen MR) is 179 cm³/mol. The normalized spacial score (nSPS) is 30.5. The van der Waals surface area contributed by atoms with Crippen LogP contribution < -0.4 is 9.47 Å². The van der Waals surface area contributed by atoms with E-state index >= 15 is 0 Å². The van der Waals surface area contributed by atoms with Gasteiger partial charge in [-0.05, 0) is 120 Å². The van der Waals surface area contributed by atoms with Gasteiger partial charge in [0.05, 0.1) is 5.92 Å². The lowest BCUT2D eigenvalue weighted by molar-refractivity contribution is -0.301. The van der Waals surface area contributed by atoms with Crippen molar-refractivity contribution in [2.75, 3.05) is 0 Å². The molecule has 4 saturated carbocycles. The van der Waals surface area contributed by atoms with E-state index in [1.807, 2.05) is 48.5 Å². The van der Waals surface area contributed by atoms with E-state index in [1.54, 1.807) is 6.92 Å². The van der Waals surface area contributed by atoms with Gasteiger partial charge in [0.2, 0.25) is 0 Å². The lowest BCUT2D eigenvalue weighted by atomic mass is 9.73. The first kappa shape index (κ1) is 33.2. The monoisotopic (exact) mass is 658 g/mol. The van der Waals surface area contributed by atoms with E-state index in [-0.39, 0.29) is 28.6 Å². The molecule has 2 heterocycles. The van der Waals surface area contributed by atoms with Crippen LogP contribution in [0.2, 0.25) is 0 Å². The van der Waals surface area contributed by atoms with Crippen LogP contribution in [0.15, 0.2) is 60.7 Å². The number of carbonyl (C=O) groups excluding carboxylic acids is 2. The molecule has 0 radical (unpaired) electrons. The summed E-state index contributed by atoms with van der Waals surface area (Å²) >= 11 is 0. The first-order valence-corrected chi connectivity index (χ1v) is 18.0. The molecule has 0 aromatic heterocycles. The summed E-state index contributed by atoms with van der Waals surface area (Å²) in [5, 5.41) is 11.8. The Bertz CT molecular complexity index is 1430. The molecule has 2 aliphatic heterocycles. The molecule has 8 rings (SSSR count). The first-order valence-electron chi connectivity index (χ1n) is 18.0. The van der Waals surface area contributed by atoms with Gasteiger partial charge in [0.25, 0.3) is 5.79 Å². The van der Waals surface area contributed by atoms with Crippen molar-refractivity contribution >= 4 is 11.9 Å². The molecule has 258 valence electrons. The second kappa shape index (κ2) is 12.8. The molecule has 6 fully saturated rings. The number of fused-ring (bicyclic) bond motifs is 1. The molecule has 8 nitrogen and oxygen atoms in total. The van der Waals surface area contributed by atoms with E-state index in [2.05, 4.69) is 20.4 Å².